The maximum absolute atomic E-state index is 14.0. The van der Waals surface area contributed by atoms with Crippen LogP contribution in [0.3, 0.4) is 0 Å². The summed E-state index contributed by atoms with van der Waals surface area (Å²) >= 11 is 0. The highest BCUT2D eigenvalue weighted by atomic mass is 19.4. The monoisotopic (exact) mass is 589 g/mol. The molecule has 6 rings (SSSR count). The van der Waals surface area contributed by atoms with Crippen LogP contribution in [0.1, 0.15) is 61.7 Å². The molecule has 4 saturated heterocycles. The fraction of sp³-hybridized carbons (Fsp3) is 0.700. The van der Waals surface area contributed by atoms with Crippen LogP contribution < -0.4 is 15.1 Å². The predicted octanol–water partition coefficient (Wildman–Crippen LogP) is 3.72. The van der Waals surface area contributed by atoms with Crippen molar-refractivity contribution in [2.45, 2.75) is 75.9 Å². The van der Waals surface area contributed by atoms with Gasteiger partial charge in [-0.25, -0.2) is 9.97 Å². The van der Waals surface area contributed by atoms with Crippen LogP contribution in [-0.2, 0) is 21.3 Å². The summed E-state index contributed by atoms with van der Waals surface area (Å²) in [6.07, 6.45) is -0.507. The van der Waals surface area contributed by atoms with Gasteiger partial charge in [-0.15, -0.1) is 0 Å². The number of piperazine rings is 1. The van der Waals surface area contributed by atoms with Crippen molar-refractivity contribution in [3.05, 3.63) is 41.0 Å². The van der Waals surface area contributed by atoms with E-state index < -0.39 is 17.6 Å². The fourth-order valence-corrected chi connectivity index (χ4v) is 7.38. The lowest BCUT2D eigenvalue weighted by atomic mass is 9.79. The lowest BCUT2D eigenvalue weighted by molar-refractivity contribution is -0.144. The van der Waals surface area contributed by atoms with Crippen LogP contribution in [0.15, 0.2) is 18.3 Å². The van der Waals surface area contributed by atoms with Crippen LogP contribution in [0.2, 0.25) is 0 Å². The number of hydrogen-bond acceptors (Lipinski definition) is 9. The van der Waals surface area contributed by atoms with Gasteiger partial charge in [0.05, 0.1) is 12.3 Å². The van der Waals surface area contributed by atoms with E-state index in [1.807, 2.05) is 22.1 Å². The van der Waals surface area contributed by atoms with E-state index in [-0.39, 0.29) is 18.0 Å². The van der Waals surface area contributed by atoms with Gasteiger partial charge in [0.2, 0.25) is 5.82 Å². The van der Waals surface area contributed by atoms with Gasteiger partial charge in [0.15, 0.2) is 0 Å². The Hall–Kier alpha value is -2.54. The zero-order valence-electron chi connectivity index (χ0n) is 25.0. The van der Waals surface area contributed by atoms with Crippen LogP contribution in [0.25, 0.3) is 0 Å². The average Bonchev–Trinajstić information content (AvgIpc) is 3.47. The molecule has 230 valence electrons. The first-order valence-corrected chi connectivity index (χ1v) is 15.1. The zero-order valence-corrected chi connectivity index (χ0v) is 25.0. The van der Waals surface area contributed by atoms with Gasteiger partial charge >= 0.3 is 6.18 Å². The number of alkyl halides is 3. The van der Waals surface area contributed by atoms with Crippen LogP contribution >= 0.6 is 0 Å². The molecule has 0 radical (unpaired) electrons. The molecule has 0 bridgehead atoms. The van der Waals surface area contributed by atoms with Gasteiger partial charge in [-0.3, -0.25) is 9.88 Å². The Kier molecular flexibility index (Phi) is 8.10. The first-order valence-electron chi connectivity index (χ1n) is 15.1. The number of pyridine rings is 1. The van der Waals surface area contributed by atoms with Crippen molar-refractivity contribution in [2.75, 3.05) is 69.4 Å². The number of halogens is 3. The minimum atomic E-state index is -4.63. The highest BCUT2D eigenvalue weighted by Gasteiger charge is 2.45. The first kappa shape index (κ1) is 29.5. The minimum Gasteiger partial charge on any atom is -0.378 e. The molecule has 0 amide bonds. The summed E-state index contributed by atoms with van der Waals surface area (Å²) in [5.74, 6) is -0.173. The Balaban J connectivity index is 1.25. The van der Waals surface area contributed by atoms with Crippen molar-refractivity contribution < 1.29 is 22.6 Å². The molecule has 0 unspecified atom stereocenters. The number of anilines is 2. The molecule has 9 nitrogen and oxygen atoms in total. The molecule has 2 aromatic heterocycles. The van der Waals surface area contributed by atoms with Crippen LogP contribution in [0.5, 0.6) is 0 Å². The van der Waals surface area contributed by atoms with Crippen molar-refractivity contribution in [3.63, 3.8) is 0 Å². The van der Waals surface area contributed by atoms with Crippen molar-refractivity contribution >= 4 is 11.6 Å². The summed E-state index contributed by atoms with van der Waals surface area (Å²) < 4.78 is 53.9. The predicted molar refractivity (Wildman–Crippen MR) is 154 cm³/mol. The van der Waals surface area contributed by atoms with E-state index in [4.69, 9.17) is 14.5 Å². The lowest BCUT2D eigenvalue weighted by Gasteiger charge is -2.53. The molecule has 42 heavy (non-hydrogen) atoms. The third-order valence-electron chi connectivity index (χ3n) is 9.89. The van der Waals surface area contributed by atoms with Gasteiger partial charge in [-0.1, -0.05) is 0 Å². The number of aromatic nitrogens is 3. The van der Waals surface area contributed by atoms with Crippen LogP contribution in [0, 0.1) is 6.92 Å². The Labute approximate surface area is 245 Å². The highest BCUT2D eigenvalue weighted by molar-refractivity contribution is 5.55. The Morgan fingerprint density at radius 1 is 1.10 bits per heavy atom. The van der Waals surface area contributed by atoms with Gasteiger partial charge in [-0.2, -0.15) is 13.2 Å². The molecule has 0 aliphatic carbocycles. The molecule has 4 aliphatic heterocycles. The van der Waals surface area contributed by atoms with E-state index in [2.05, 4.69) is 41.0 Å². The van der Waals surface area contributed by atoms with Crippen molar-refractivity contribution in [2.24, 2.45) is 0 Å². The smallest absolute Gasteiger partial charge is 0.378 e. The van der Waals surface area contributed by atoms with Crippen molar-refractivity contribution in [3.8, 4) is 0 Å². The summed E-state index contributed by atoms with van der Waals surface area (Å²) in [4.78, 5) is 19.3. The topological polar surface area (TPSA) is 78.9 Å². The van der Waals surface area contributed by atoms with Gasteiger partial charge in [0.1, 0.15) is 17.2 Å². The maximum Gasteiger partial charge on any atom is 0.451 e. The van der Waals surface area contributed by atoms with Crippen LogP contribution in [-0.4, -0.2) is 97.6 Å². The molecule has 2 aromatic rings. The molecular weight excluding hydrogens is 547 g/mol. The van der Waals surface area contributed by atoms with E-state index in [9.17, 15) is 13.2 Å². The summed E-state index contributed by atoms with van der Waals surface area (Å²) in [5, 5.41) is 3.36. The number of piperidine rings is 1. The number of nitrogens with one attached hydrogen (secondary N) is 1. The summed E-state index contributed by atoms with van der Waals surface area (Å²) in [6, 6.07) is 4.15. The van der Waals surface area contributed by atoms with Gasteiger partial charge in [0, 0.05) is 89.8 Å². The third kappa shape index (κ3) is 5.35. The largest absolute Gasteiger partial charge is 0.451 e. The number of rotatable bonds is 6. The molecule has 4 aliphatic rings. The van der Waals surface area contributed by atoms with E-state index in [0.717, 1.165) is 56.7 Å². The minimum absolute atomic E-state index is 0.0271. The second kappa shape index (κ2) is 11.5. The summed E-state index contributed by atoms with van der Waals surface area (Å²) in [7, 11) is 1.71. The Morgan fingerprint density at radius 3 is 2.45 bits per heavy atom. The van der Waals surface area contributed by atoms with E-state index in [1.165, 1.54) is 5.56 Å². The van der Waals surface area contributed by atoms with E-state index in [0.29, 0.717) is 44.0 Å². The second-order valence-electron chi connectivity index (χ2n) is 12.3. The molecular formula is C30H42F3N7O2. The normalized spacial score (nSPS) is 30.9. The second-order valence-corrected chi connectivity index (χ2v) is 12.3. The molecule has 0 spiro atoms. The Bertz CT molecular complexity index is 1270. The third-order valence-corrected chi connectivity index (χ3v) is 9.89. The molecule has 5 atom stereocenters. The quantitative estimate of drug-likeness (QED) is 0.543. The standard InChI is InChI=1S/C30H42F3N7O2/c1-19-5-8-35-27(29(41-4)7-14-42-18-29)26(19)22-6-11-39(20(2)15-22)24-16-25(37-28(36-24)30(31,32)33)40-17-23(21(40)3)38-12-9-34-10-13-38/h5,8,16,20-23,34H,6-7,9-15,17-18H2,1-4H3/t20-,21-,22+,23-,29-/m1/s1. The summed E-state index contributed by atoms with van der Waals surface area (Å²) in [6.45, 7) is 12.4. The number of ether oxygens (including phenoxy) is 2. The molecule has 0 aromatic carbocycles. The molecule has 6 heterocycles. The van der Waals surface area contributed by atoms with E-state index in [1.54, 1.807) is 13.2 Å². The van der Waals surface area contributed by atoms with Crippen molar-refractivity contribution in [1.29, 1.82) is 0 Å². The molecule has 4 fully saturated rings. The first-order chi connectivity index (χ1) is 20.1. The van der Waals surface area contributed by atoms with Crippen molar-refractivity contribution in [1.82, 2.24) is 25.2 Å². The van der Waals surface area contributed by atoms with Crippen LogP contribution in [0.4, 0.5) is 24.8 Å². The average molecular weight is 590 g/mol. The molecule has 1 N–H and O–H groups in total. The summed E-state index contributed by atoms with van der Waals surface area (Å²) in [5.41, 5.74) is 2.71. The zero-order chi connectivity index (χ0) is 29.6. The Morgan fingerprint density at radius 2 is 1.83 bits per heavy atom. The maximum atomic E-state index is 14.0. The molecule has 0 saturated carbocycles. The number of aryl methyl sites for hydroxylation is 1. The fourth-order valence-electron chi connectivity index (χ4n) is 7.38. The highest BCUT2D eigenvalue weighted by Crippen LogP contribution is 2.43. The SMILES string of the molecule is CO[C@]1(c2nccc(C)c2[C@H]2CCN(c3cc(N4C[C@@H](N5CCNCC5)[C@H]4C)nc(C(F)(F)F)n3)[C@H](C)C2)CCOC1. The number of methoxy groups -OCH3 is 1. The van der Waals surface area contributed by atoms with E-state index >= 15 is 0 Å². The van der Waals surface area contributed by atoms with Gasteiger partial charge in [0.25, 0.3) is 0 Å². The number of hydrogen-bond donors (Lipinski definition) is 1. The van der Waals surface area contributed by atoms with Gasteiger partial charge < -0.3 is 24.6 Å². The molecule has 12 heteroatoms. The number of nitrogens with zero attached hydrogens (tertiary/aromatic N) is 6. The van der Waals surface area contributed by atoms with Gasteiger partial charge in [-0.05, 0) is 56.7 Å². The lowest BCUT2D eigenvalue weighted by Crippen LogP contribution is -2.68.